The molecule has 0 unspecified atom stereocenters. The number of fused-ring (bicyclic) bond motifs is 1. The second-order valence-electron chi connectivity index (χ2n) is 5.79. The number of thioether (sulfide) groups is 1. The van der Waals surface area contributed by atoms with E-state index in [0.717, 1.165) is 30.7 Å². The van der Waals surface area contributed by atoms with E-state index in [0.29, 0.717) is 15.6 Å². The number of anilines is 1. The second-order valence-corrected chi connectivity index (χ2v) is 7.31. The van der Waals surface area contributed by atoms with Gasteiger partial charge in [-0.25, -0.2) is 0 Å². The highest BCUT2D eigenvalue weighted by atomic mass is 35.5. The van der Waals surface area contributed by atoms with Gasteiger partial charge < -0.3 is 10.2 Å². The number of amides is 2. The summed E-state index contributed by atoms with van der Waals surface area (Å²) < 4.78 is 0. The molecule has 1 aromatic carbocycles. The van der Waals surface area contributed by atoms with Gasteiger partial charge in [0.1, 0.15) is 0 Å². The van der Waals surface area contributed by atoms with Crippen molar-refractivity contribution in [2.45, 2.75) is 43.5 Å². The molecule has 0 spiro atoms. The zero-order chi connectivity index (χ0) is 16.4. The molecule has 0 aromatic heterocycles. The molecule has 1 atom stereocenters. The van der Waals surface area contributed by atoms with Crippen molar-refractivity contribution in [1.82, 2.24) is 4.90 Å². The van der Waals surface area contributed by atoms with Crippen molar-refractivity contribution >= 4 is 40.9 Å². The van der Waals surface area contributed by atoms with Crippen LogP contribution >= 0.6 is 23.4 Å². The highest BCUT2D eigenvalue weighted by Gasteiger charge is 2.27. The van der Waals surface area contributed by atoms with E-state index >= 15 is 0 Å². The van der Waals surface area contributed by atoms with E-state index < -0.39 is 0 Å². The summed E-state index contributed by atoms with van der Waals surface area (Å²) in [5, 5.41) is 3.38. The molecule has 1 saturated heterocycles. The molecule has 2 aliphatic heterocycles. The van der Waals surface area contributed by atoms with E-state index in [9.17, 15) is 9.59 Å². The van der Waals surface area contributed by atoms with Gasteiger partial charge in [0.25, 0.3) is 5.91 Å². The van der Waals surface area contributed by atoms with Crippen molar-refractivity contribution in [3.05, 3.63) is 34.2 Å². The first kappa shape index (κ1) is 16.4. The average molecular weight is 351 g/mol. The molecule has 0 saturated carbocycles. The van der Waals surface area contributed by atoms with Crippen LogP contribution in [0.25, 0.3) is 0 Å². The number of carbonyl (C=O) groups excluding carboxylic acids is 2. The highest BCUT2D eigenvalue weighted by molar-refractivity contribution is 8.04. The third-order valence-electron chi connectivity index (χ3n) is 4.27. The fraction of sp³-hybridized carbons (Fsp3) is 0.412. The van der Waals surface area contributed by atoms with E-state index in [1.54, 1.807) is 12.1 Å². The number of likely N-dealkylation sites (tertiary alicyclic amines) is 1. The number of hydrogen-bond acceptors (Lipinski definition) is 3. The maximum absolute atomic E-state index is 12.6. The first-order chi connectivity index (χ1) is 11.1. The summed E-state index contributed by atoms with van der Waals surface area (Å²) in [7, 11) is 0. The molecule has 2 amide bonds. The first-order valence-corrected chi connectivity index (χ1v) is 9.09. The molecule has 2 aliphatic rings. The van der Waals surface area contributed by atoms with Crippen LogP contribution in [0.3, 0.4) is 0 Å². The number of rotatable bonds is 2. The molecule has 0 aliphatic carbocycles. The molecule has 6 heteroatoms. The van der Waals surface area contributed by atoms with Gasteiger partial charge in [-0.05, 0) is 43.9 Å². The molecule has 4 nitrogen and oxygen atoms in total. The van der Waals surface area contributed by atoms with Crippen LogP contribution in [-0.4, -0.2) is 29.3 Å². The lowest BCUT2D eigenvalue weighted by molar-refractivity contribution is -0.129. The summed E-state index contributed by atoms with van der Waals surface area (Å²) in [6.45, 7) is 2.88. The highest BCUT2D eigenvalue weighted by Crippen LogP contribution is 2.39. The number of piperidine rings is 1. The van der Waals surface area contributed by atoms with Crippen molar-refractivity contribution in [2.75, 3.05) is 11.9 Å². The molecular formula is C17H19ClN2O2S. The van der Waals surface area contributed by atoms with Gasteiger partial charge in [-0.3, -0.25) is 9.59 Å². The maximum Gasteiger partial charge on any atom is 0.262 e. The maximum atomic E-state index is 12.6. The fourth-order valence-electron chi connectivity index (χ4n) is 3.04. The van der Waals surface area contributed by atoms with Crippen LogP contribution in [0, 0.1) is 0 Å². The fourth-order valence-corrected chi connectivity index (χ4v) is 4.11. The summed E-state index contributed by atoms with van der Waals surface area (Å²) >= 11 is 7.26. The van der Waals surface area contributed by atoms with Gasteiger partial charge in [0.2, 0.25) is 5.91 Å². The Morgan fingerprint density at radius 2 is 2.30 bits per heavy atom. The number of hydrogen-bond donors (Lipinski definition) is 1. The molecule has 23 heavy (non-hydrogen) atoms. The van der Waals surface area contributed by atoms with Crippen LogP contribution in [-0.2, 0) is 9.59 Å². The predicted octanol–water partition coefficient (Wildman–Crippen LogP) is 4.06. The predicted molar refractivity (Wildman–Crippen MR) is 93.7 cm³/mol. The van der Waals surface area contributed by atoms with Crippen LogP contribution in [0.1, 0.15) is 32.6 Å². The largest absolute Gasteiger partial charge is 0.336 e. The normalized spacial score (nSPS) is 22.7. The number of nitrogens with one attached hydrogen (secondary N) is 1. The summed E-state index contributed by atoms with van der Waals surface area (Å²) in [5.41, 5.74) is 0.696. The van der Waals surface area contributed by atoms with E-state index in [1.807, 2.05) is 11.0 Å². The lowest BCUT2D eigenvalue weighted by atomic mass is 10.00. The molecule has 1 fully saturated rings. The molecule has 2 heterocycles. The Bertz CT molecular complexity index is 675. The minimum atomic E-state index is -0.247. The van der Waals surface area contributed by atoms with Crippen LogP contribution < -0.4 is 5.32 Å². The molecule has 122 valence electrons. The summed E-state index contributed by atoms with van der Waals surface area (Å²) in [6, 6.07) is 5.64. The molecular weight excluding hydrogens is 332 g/mol. The lowest BCUT2D eigenvalue weighted by Crippen LogP contribution is -2.42. The topological polar surface area (TPSA) is 49.4 Å². The van der Waals surface area contributed by atoms with Crippen molar-refractivity contribution in [2.24, 2.45) is 0 Å². The van der Waals surface area contributed by atoms with Crippen LogP contribution in [0.5, 0.6) is 0 Å². The van der Waals surface area contributed by atoms with Crippen LogP contribution in [0.4, 0.5) is 5.69 Å². The van der Waals surface area contributed by atoms with Gasteiger partial charge in [0.05, 0.1) is 10.6 Å². The quantitative estimate of drug-likeness (QED) is 0.818. The third kappa shape index (κ3) is 3.56. The van der Waals surface area contributed by atoms with E-state index in [2.05, 4.69) is 12.2 Å². The van der Waals surface area contributed by atoms with Gasteiger partial charge in [0.15, 0.2) is 0 Å². The van der Waals surface area contributed by atoms with E-state index in [4.69, 9.17) is 11.6 Å². The van der Waals surface area contributed by atoms with Gasteiger partial charge in [-0.15, -0.1) is 0 Å². The Balaban J connectivity index is 1.80. The zero-order valence-electron chi connectivity index (χ0n) is 13.0. The molecule has 0 radical (unpaired) electrons. The molecule has 3 rings (SSSR count). The minimum Gasteiger partial charge on any atom is -0.336 e. The molecule has 1 aromatic rings. The zero-order valence-corrected chi connectivity index (χ0v) is 14.5. The second kappa shape index (κ2) is 6.97. The molecule has 0 bridgehead atoms. The Morgan fingerprint density at radius 1 is 1.48 bits per heavy atom. The first-order valence-electron chi connectivity index (χ1n) is 7.89. The average Bonchev–Trinajstić information content (AvgIpc) is 2.55. The summed E-state index contributed by atoms with van der Waals surface area (Å²) in [4.78, 5) is 28.0. The van der Waals surface area contributed by atoms with E-state index in [1.165, 1.54) is 24.3 Å². The van der Waals surface area contributed by atoms with Gasteiger partial charge in [-0.2, -0.15) is 0 Å². The monoisotopic (exact) mass is 350 g/mol. The number of halogens is 1. The van der Waals surface area contributed by atoms with Crippen LogP contribution in [0.15, 0.2) is 34.1 Å². The Labute approximate surface area is 145 Å². The standard InChI is InChI=1S/C17H19ClN2O2S/c1-2-12-5-3-4-8-20(12)16(21)10-15-17(22)19-13-9-11(18)6-7-14(13)23-15/h6-7,9-10,12H,2-5,8H2,1H3,(H,19,22)/b15-10+/t12-/m1/s1. The number of carbonyl (C=O) groups is 2. The summed E-state index contributed by atoms with van der Waals surface area (Å²) in [5.74, 6) is -0.310. The van der Waals surface area contributed by atoms with E-state index in [-0.39, 0.29) is 17.9 Å². The van der Waals surface area contributed by atoms with Crippen molar-refractivity contribution in [1.29, 1.82) is 0 Å². The minimum absolute atomic E-state index is 0.0633. The SMILES string of the molecule is CC[C@@H]1CCCCN1C(=O)/C=C1/Sc2ccc(Cl)cc2NC1=O. The van der Waals surface area contributed by atoms with Crippen molar-refractivity contribution in [3.8, 4) is 0 Å². The van der Waals surface area contributed by atoms with Gasteiger partial charge in [0, 0.05) is 28.6 Å². The Kier molecular flexibility index (Phi) is 4.97. The van der Waals surface area contributed by atoms with Crippen molar-refractivity contribution in [3.63, 3.8) is 0 Å². The van der Waals surface area contributed by atoms with Gasteiger partial charge >= 0.3 is 0 Å². The summed E-state index contributed by atoms with van der Waals surface area (Å²) in [6.07, 6.45) is 5.68. The van der Waals surface area contributed by atoms with Crippen LogP contribution in [0.2, 0.25) is 5.02 Å². The third-order valence-corrected chi connectivity index (χ3v) is 5.60. The van der Waals surface area contributed by atoms with Crippen molar-refractivity contribution < 1.29 is 9.59 Å². The smallest absolute Gasteiger partial charge is 0.262 e. The number of nitrogens with zero attached hydrogens (tertiary/aromatic N) is 1. The Hall–Kier alpha value is -1.46. The molecule has 1 N–H and O–H groups in total. The number of benzene rings is 1. The van der Waals surface area contributed by atoms with Gasteiger partial charge in [-0.1, -0.05) is 30.3 Å². The Morgan fingerprint density at radius 3 is 3.09 bits per heavy atom. The lowest BCUT2D eigenvalue weighted by Gasteiger charge is -2.34.